The zero-order valence-corrected chi connectivity index (χ0v) is 18.3. The van der Waals surface area contributed by atoms with Crippen molar-refractivity contribution in [2.45, 2.75) is 32.9 Å². The van der Waals surface area contributed by atoms with Crippen LogP contribution in [0.5, 0.6) is 11.5 Å². The average Bonchev–Trinajstić information content (AvgIpc) is 3.30. The maximum atomic E-state index is 5.69. The summed E-state index contributed by atoms with van der Waals surface area (Å²) in [7, 11) is 0. The number of hydrogen-bond acceptors (Lipinski definition) is 6. The van der Waals surface area contributed by atoms with Crippen molar-refractivity contribution < 1.29 is 9.47 Å². The van der Waals surface area contributed by atoms with Gasteiger partial charge in [0.1, 0.15) is 25.4 Å². The maximum absolute atomic E-state index is 5.69. The number of aliphatic imine (C=N–C) groups is 1. The van der Waals surface area contributed by atoms with Gasteiger partial charge in [0.15, 0.2) is 17.5 Å². The van der Waals surface area contributed by atoms with Crippen molar-refractivity contribution in [3.05, 3.63) is 66.0 Å². The van der Waals surface area contributed by atoms with Gasteiger partial charge < -0.3 is 24.7 Å². The number of nitrogens with zero attached hydrogens (tertiary/aromatic N) is 5. The van der Waals surface area contributed by atoms with Crippen molar-refractivity contribution in [3.63, 3.8) is 0 Å². The Bertz CT molecular complexity index is 1020. The van der Waals surface area contributed by atoms with Crippen LogP contribution >= 0.6 is 0 Å². The predicted molar refractivity (Wildman–Crippen MR) is 122 cm³/mol. The van der Waals surface area contributed by atoms with E-state index in [2.05, 4.69) is 43.4 Å². The quantitative estimate of drug-likeness (QED) is 0.392. The van der Waals surface area contributed by atoms with Gasteiger partial charge in [0.25, 0.3) is 0 Å². The summed E-state index contributed by atoms with van der Waals surface area (Å²) in [6.07, 6.45) is 5.24. The van der Waals surface area contributed by atoms with Crippen LogP contribution in [-0.2, 0) is 25.9 Å². The molecule has 0 aliphatic carbocycles. The zero-order chi connectivity index (χ0) is 22.0. The molecular weight excluding hydrogens is 406 g/mol. The lowest BCUT2D eigenvalue weighted by molar-refractivity contribution is 0.171. The third-order valence-electron chi connectivity index (χ3n) is 5.10. The van der Waals surface area contributed by atoms with E-state index >= 15 is 0 Å². The van der Waals surface area contributed by atoms with Crippen LogP contribution in [0.15, 0.2) is 53.9 Å². The van der Waals surface area contributed by atoms with Crippen molar-refractivity contribution in [2.75, 3.05) is 26.3 Å². The summed E-state index contributed by atoms with van der Waals surface area (Å²) in [5, 5.41) is 15.0. The Hall–Kier alpha value is -3.62. The van der Waals surface area contributed by atoms with Crippen LogP contribution < -0.4 is 20.1 Å². The summed E-state index contributed by atoms with van der Waals surface area (Å²) in [4.78, 5) is 9.06. The normalized spacial score (nSPS) is 13.1. The molecule has 0 atom stereocenters. The number of rotatable bonds is 9. The summed E-state index contributed by atoms with van der Waals surface area (Å²) in [6, 6.07) is 11.9. The van der Waals surface area contributed by atoms with E-state index in [1.165, 1.54) is 5.56 Å². The van der Waals surface area contributed by atoms with Gasteiger partial charge in [-0.05, 0) is 36.2 Å². The molecule has 2 aromatic heterocycles. The Kier molecular flexibility index (Phi) is 7.51. The van der Waals surface area contributed by atoms with Crippen LogP contribution in [0.3, 0.4) is 0 Å². The van der Waals surface area contributed by atoms with Crippen LogP contribution in [0.1, 0.15) is 24.0 Å². The third-order valence-corrected chi connectivity index (χ3v) is 5.10. The molecule has 4 rings (SSSR count). The van der Waals surface area contributed by atoms with E-state index in [0.29, 0.717) is 26.3 Å². The largest absolute Gasteiger partial charge is 0.486 e. The van der Waals surface area contributed by atoms with Gasteiger partial charge in [0.2, 0.25) is 0 Å². The van der Waals surface area contributed by atoms with Gasteiger partial charge in [0.05, 0.1) is 12.2 Å². The fourth-order valence-corrected chi connectivity index (χ4v) is 3.43. The molecule has 2 N–H and O–H groups in total. The van der Waals surface area contributed by atoms with E-state index in [1.807, 2.05) is 30.3 Å². The van der Waals surface area contributed by atoms with Crippen molar-refractivity contribution in [1.82, 2.24) is 30.4 Å². The van der Waals surface area contributed by atoms with Crippen molar-refractivity contribution in [3.8, 4) is 11.5 Å². The van der Waals surface area contributed by atoms with Gasteiger partial charge >= 0.3 is 0 Å². The Morgan fingerprint density at radius 3 is 2.81 bits per heavy atom. The molecule has 0 unspecified atom stereocenters. The molecule has 3 heterocycles. The fraction of sp³-hybridized carbons (Fsp3) is 0.391. The molecule has 3 aromatic rings. The molecule has 1 aliphatic heterocycles. The van der Waals surface area contributed by atoms with Crippen molar-refractivity contribution in [2.24, 2.45) is 4.99 Å². The van der Waals surface area contributed by atoms with Crippen LogP contribution in [-0.4, -0.2) is 52.0 Å². The van der Waals surface area contributed by atoms with Gasteiger partial charge in [-0.2, -0.15) is 0 Å². The van der Waals surface area contributed by atoms with E-state index in [9.17, 15) is 0 Å². The molecule has 0 spiro atoms. The van der Waals surface area contributed by atoms with Crippen molar-refractivity contribution in [1.29, 1.82) is 0 Å². The molecule has 1 aliphatic rings. The number of guanidine groups is 1. The Balaban J connectivity index is 1.33. The number of benzene rings is 1. The zero-order valence-electron chi connectivity index (χ0n) is 18.3. The highest BCUT2D eigenvalue weighted by Crippen LogP contribution is 2.30. The first-order valence-corrected chi connectivity index (χ1v) is 11.0. The van der Waals surface area contributed by atoms with Crippen LogP contribution in [0.2, 0.25) is 0 Å². The Labute approximate surface area is 187 Å². The summed E-state index contributed by atoms with van der Waals surface area (Å²) >= 11 is 0. The van der Waals surface area contributed by atoms with Crippen LogP contribution in [0.4, 0.5) is 0 Å². The molecule has 0 radical (unpaired) electrons. The van der Waals surface area contributed by atoms with E-state index in [0.717, 1.165) is 54.9 Å². The number of pyridine rings is 1. The molecule has 168 valence electrons. The molecule has 0 fully saturated rings. The SMILES string of the molecule is CCc1nncn1CCNC(=NCc1ccccn1)NCCc1ccc2c(c1)OCCO2. The lowest BCUT2D eigenvalue weighted by atomic mass is 10.1. The molecule has 0 amide bonds. The number of ether oxygens (including phenoxy) is 2. The molecule has 9 heteroatoms. The highest BCUT2D eigenvalue weighted by molar-refractivity contribution is 5.79. The summed E-state index contributed by atoms with van der Waals surface area (Å²) in [6.45, 7) is 5.99. The second-order valence-corrected chi connectivity index (χ2v) is 7.36. The van der Waals surface area contributed by atoms with Gasteiger partial charge in [-0.3, -0.25) is 4.98 Å². The van der Waals surface area contributed by atoms with Crippen LogP contribution in [0.25, 0.3) is 0 Å². The van der Waals surface area contributed by atoms with E-state index in [-0.39, 0.29) is 0 Å². The number of aryl methyl sites for hydroxylation is 1. The van der Waals surface area contributed by atoms with E-state index in [4.69, 9.17) is 14.5 Å². The first kappa shape index (κ1) is 21.6. The smallest absolute Gasteiger partial charge is 0.191 e. The summed E-state index contributed by atoms with van der Waals surface area (Å²) in [5.41, 5.74) is 2.11. The predicted octanol–water partition coefficient (Wildman–Crippen LogP) is 1.98. The summed E-state index contributed by atoms with van der Waals surface area (Å²) in [5.74, 6) is 3.36. The first-order valence-electron chi connectivity index (χ1n) is 11.0. The molecule has 1 aromatic carbocycles. The van der Waals surface area contributed by atoms with Gasteiger partial charge in [-0.1, -0.05) is 19.1 Å². The molecular formula is C23H29N7O2. The minimum Gasteiger partial charge on any atom is -0.486 e. The molecule has 32 heavy (non-hydrogen) atoms. The number of aromatic nitrogens is 4. The van der Waals surface area contributed by atoms with E-state index < -0.39 is 0 Å². The van der Waals surface area contributed by atoms with Crippen molar-refractivity contribution >= 4 is 5.96 Å². The molecule has 0 saturated carbocycles. The van der Waals surface area contributed by atoms with E-state index in [1.54, 1.807) is 12.5 Å². The first-order chi connectivity index (χ1) is 15.8. The maximum Gasteiger partial charge on any atom is 0.191 e. The lowest BCUT2D eigenvalue weighted by Gasteiger charge is -2.19. The minimum absolute atomic E-state index is 0.507. The standard InChI is InChI=1S/C23H29N7O2/c1-2-22-29-28-17-30(22)12-11-26-23(27-16-19-5-3-4-9-24-19)25-10-8-18-6-7-20-21(15-18)32-14-13-31-20/h3-7,9,15,17H,2,8,10-14,16H2,1H3,(H2,25,26,27). The highest BCUT2D eigenvalue weighted by Gasteiger charge is 2.11. The second kappa shape index (κ2) is 11.1. The molecule has 0 saturated heterocycles. The third kappa shape index (κ3) is 5.96. The molecule has 9 nitrogen and oxygen atoms in total. The number of nitrogens with one attached hydrogen (secondary N) is 2. The highest BCUT2D eigenvalue weighted by atomic mass is 16.6. The Morgan fingerprint density at radius 2 is 1.97 bits per heavy atom. The molecule has 0 bridgehead atoms. The van der Waals surface area contributed by atoms with Gasteiger partial charge in [-0.25, -0.2) is 4.99 Å². The number of fused-ring (bicyclic) bond motifs is 1. The average molecular weight is 436 g/mol. The summed E-state index contributed by atoms with van der Waals surface area (Å²) < 4.78 is 13.3. The Morgan fingerprint density at radius 1 is 1.09 bits per heavy atom. The minimum atomic E-state index is 0.507. The topological polar surface area (TPSA) is 98.5 Å². The fourth-order valence-electron chi connectivity index (χ4n) is 3.43. The second-order valence-electron chi connectivity index (χ2n) is 7.36. The monoisotopic (exact) mass is 435 g/mol. The van der Waals surface area contributed by atoms with Crippen LogP contribution in [0, 0.1) is 0 Å². The van der Waals surface area contributed by atoms with Gasteiger partial charge in [-0.15, -0.1) is 10.2 Å². The van der Waals surface area contributed by atoms with Gasteiger partial charge in [0, 0.05) is 32.3 Å². The lowest BCUT2D eigenvalue weighted by Crippen LogP contribution is -2.40. The number of hydrogen-bond donors (Lipinski definition) is 2.